The van der Waals surface area contributed by atoms with Crippen molar-refractivity contribution >= 4 is 20.2 Å². The zero-order valence-electron chi connectivity index (χ0n) is 11.7. The molecule has 1 heteroatoms. The van der Waals surface area contributed by atoms with Crippen LogP contribution in [0, 0.1) is 0 Å². The van der Waals surface area contributed by atoms with E-state index in [0.717, 1.165) is 3.86 Å². The average molecular weight is 341 g/mol. The predicted molar refractivity (Wildman–Crippen MR) is 80.0 cm³/mol. The van der Waals surface area contributed by atoms with Gasteiger partial charge < -0.3 is 0 Å². The van der Waals surface area contributed by atoms with Gasteiger partial charge in [0.1, 0.15) is 0 Å². The van der Waals surface area contributed by atoms with E-state index in [-0.39, 0.29) is 0 Å². The Morgan fingerprint density at radius 3 is 1.94 bits per heavy atom. The van der Waals surface area contributed by atoms with Gasteiger partial charge in [0.15, 0.2) is 0 Å². The first-order valence-corrected chi connectivity index (χ1v) is 12.2. The molecule has 0 saturated heterocycles. The number of benzene rings is 1. The Balaban J connectivity index is 2.61. The minimum atomic E-state index is -1.06. The minimum absolute atomic E-state index is 0.900. The van der Waals surface area contributed by atoms with E-state index >= 15 is 0 Å². The molecule has 1 unspecified atom stereocenters. The Bertz CT molecular complexity index is 273. The van der Waals surface area contributed by atoms with Crippen LogP contribution in [-0.4, -0.2) is 20.2 Å². The Kier molecular flexibility index (Phi) is 8.02. The molecular weight excluding hydrogens is 314 g/mol. The quantitative estimate of drug-likeness (QED) is 0.554. The van der Waals surface area contributed by atoms with Crippen molar-refractivity contribution < 1.29 is 0 Å². The van der Waals surface area contributed by atoms with Crippen molar-refractivity contribution in [2.75, 3.05) is 0 Å². The van der Waals surface area contributed by atoms with Gasteiger partial charge in [-0.3, -0.25) is 0 Å². The molecule has 0 aliphatic heterocycles. The van der Waals surface area contributed by atoms with Gasteiger partial charge in [0.05, 0.1) is 0 Å². The molecule has 1 rings (SSSR count). The monoisotopic (exact) mass is 340 g/mol. The van der Waals surface area contributed by atoms with Crippen molar-refractivity contribution in [1.29, 1.82) is 0 Å². The summed E-state index contributed by atoms with van der Waals surface area (Å²) < 4.78 is 4.06. The third-order valence-electron chi connectivity index (χ3n) is 3.43. The summed E-state index contributed by atoms with van der Waals surface area (Å²) in [4.78, 5) is 0. The van der Waals surface area contributed by atoms with E-state index in [1.54, 1.807) is 14.3 Å². The van der Waals surface area contributed by atoms with Crippen molar-refractivity contribution in [3.8, 4) is 0 Å². The van der Waals surface area contributed by atoms with Crippen molar-refractivity contribution in [2.45, 2.75) is 59.1 Å². The molecule has 0 spiro atoms. The molecule has 0 nitrogen and oxygen atoms in total. The van der Waals surface area contributed by atoms with E-state index in [1.807, 2.05) is 0 Å². The van der Waals surface area contributed by atoms with Crippen LogP contribution < -0.4 is 0 Å². The standard InChI is InChI=1S/C8H9.2C4H9.Sb/c1-2-8-6-4-3-5-7-8;2*1-3-4-2;/h2-7H,1H3;2*1,3-4H2,2H3;. The molecule has 0 aromatic heterocycles. The molecular formula is C16H27Sb. The van der Waals surface area contributed by atoms with Gasteiger partial charge in [-0.2, -0.15) is 0 Å². The summed E-state index contributed by atoms with van der Waals surface area (Å²) in [7, 11) is 0. The molecule has 0 aliphatic carbocycles. The molecule has 0 radical (unpaired) electrons. The first-order chi connectivity index (χ1) is 8.29. The van der Waals surface area contributed by atoms with Crippen LogP contribution in [0.1, 0.15) is 55.9 Å². The van der Waals surface area contributed by atoms with Gasteiger partial charge in [-0.05, 0) is 0 Å². The Hall–Kier alpha value is 0.0382. The maximum absolute atomic E-state index is 2.49. The van der Waals surface area contributed by atoms with Crippen LogP contribution in [0.4, 0.5) is 0 Å². The first kappa shape index (κ1) is 15.1. The Labute approximate surface area is 115 Å². The van der Waals surface area contributed by atoms with Crippen LogP contribution in [-0.2, 0) is 0 Å². The van der Waals surface area contributed by atoms with Crippen molar-refractivity contribution in [2.24, 2.45) is 0 Å². The summed E-state index contributed by atoms with van der Waals surface area (Å²) in [6.45, 7) is 7.14. The van der Waals surface area contributed by atoms with E-state index in [4.69, 9.17) is 0 Å². The third kappa shape index (κ3) is 5.47. The van der Waals surface area contributed by atoms with Crippen LogP contribution >= 0.6 is 0 Å². The van der Waals surface area contributed by atoms with Crippen LogP contribution in [0.3, 0.4) is 0 Å². The summed E-state index contributed by atoms with van der Waals surface area (Å²) in [6.07, 6.45) is 5.66. The second-order valence-corrected chi connectivity index (χ2v) is 13.0. The van der Waals surface area contributed by atoms with Gasteiger partial charge in [-0.25, -0.2) is 0 Å². The van der Waals surface area contributed by atoms with E-state index in [9.17, 15) is 0 Å². The van der Waals surface area contributed by atoms with Gasteiger partial charge in [0, 0.05) is 0 Å². The average Bonchev–Trinajstić information content (AvgIpc) is 2.39. The second-order valence-electron chi connectivity index (χ2n) is 4.83. The fraction of sp³-hybridized carbons (Fsp3) is 0.625. The molecule has 96 valence electrons. The number of rotatable bonds is 8. The van der Waals surface area contributed by atoms with E-state index in [0.29, 0.717) is 0 Å². The molecule has 0 saturated carbocycles. The van der Waals surface area contributed by atoms with Gasteiger partial charge in [-0.1, -0.05) is 0 Å². The summed E-state index contributed by atoms with van der Waals surface area (Å²) in [5.41, 5.74) is 1.60. The third-order valence-corrected chi connectivity index (χ3v) is 12.5. The zero-order valence-corrected chi connectivity index (χ0v) is 14.2. The summed E-state index contributed by atoms with van der Waals surface area (Å²) in [5, 5.41) is 0. The number of unbranched alkanes of at least 4 members (excludes halogenated alkanes) is 2. The second kappa shape index (κ2) is 9.03. The maximum atomic E-state index is 2.49. The fourth-order valence-corrected chi connectivity index (χ4v) is 10.8. The molecule has 0 aliphatic rings. The van der Waals surface area contributed by atoms with E-state index in [1.165, 1.54) is 25.7 Å². The molecule has 1 aromatic rings. The predicted octanol–water partition coefficient (Wildman–Crippen LogP) is 5.42. The molecule has 0 fully saturated rings. The summed E-state index contributed by atoms with van der Waals surface area (Å²) in [5.74, 6) is 0. The first-order valence-electron chi connectivity index (χ1n) is 7.08. The van der Waals surface area contributed by atoms with Crippen LogP contribution in [0.25, 0.3) is 0 Å². The van der Waals surface area contributed by atoms with Crippen LogP contribution in [0.2, 0.25) is 8.73 Å². The molecule has 0 heterocycles. The SMILES string of the molecule is CCC[CH2][Sb]([CH2]CCC)[CH](C)c1ccccc1. The zero-order chi connectivity index (χ0) is 12.5. The van der Waals surface area contributed by atoms with Crippen molar-refractivity contribution in [3.05, 3.63) is 35.9 Å². The number of hydrogen-bond donors (Lipinski definition) is 0. The molecule has 1 atom stereocenters. The summed E-state index contributed by atoms with van der Waals surface area (Å²) in [6, 6.07) is 11.2. The van der Waals surface area contributed by atoms with Crippen molar-refractivity contribution in [3.63, 3.8) is 0 Å². The van der Waals surface area contributed by atoms with Gasteiger partial charge in [0.2, 0.25) is 0 Å². The van der Waals surface area contributed by atoms with E-state index in [2.05, 4.69) is 51.1 Å². The molecule has 1 aromatic carbocycles. The molecule has 0 amide bonds. The van der Waals surface area contributed by atoms with Crippen LogP contribution in [0.5, 0.6) is 0 Å². The van der Waals surface area contributed by atoms with Crippen LogP contribution in [0.15, 0.2) is 30.3 Å². The topological polar surface area (TPSA) is 0 Å². The normalized spacial score (nSPS) is 12.9. The van der Waals surface area contributed by atoms with Gasteiger partial charge in [0.25, 0.3) is 0 Å². The van der Waals surface area contributed by atoms with E-state index < -0.39 is 20.2 Å². The van der Waals surface area contributed by atoms with Crippen molar-refractivity contribution in [1.82, 2.24) is 0 Å². The van der Waals surface area contributed by atoms with Gasteiger partial charge >= 0.3 is 115 Å². The Morgan fingerprint density at radius 1 is 0.941 bits per heavy atom. The van der Waals surface area contributed by atoms with Gasteiger partial charge in [-0.15, -0.1) is 0 Å². The fourth-order valence-electron chi connectivity index (χ4n) is 2.16. The molecule has 0 bridgehead atoms. The number of hydrogen-bond acceptors (Lipinski definition) is 0. The Morgan fingerprint density at radius 2 is 1.47 bits per heavy atom. The summed E-state index contributed by atoms with van der Waals surface area (Å²) >= 11 is -1.06. The molecule has 17 heavy (non-hydrogen) atoms. The molecule has 0 N–H and O–H groups in total.